The van der Waals surface area contributed by atoms with Crippen LogP contribution in [0.4, 0.5) is 0 Å². The Morgan fingerprint density at radius 3 is 2.95 bits per heavy atom. The Kier molecular flexibility index (Phi) is 5.64. The summed E-state index contributed by atoms with van der Waals surface area (Å²) in [6.07, 6.45) is 5.84. The van der Waals surface area contributed by atoms with Crippen LogP contribution in [0.3, 0.4) is 0 Å². The van der Waals surface area contributed by atoms with Crippen molar-refractivity contribution in [1.82, 2.24) is 9.47 Å². The van der Waals surface area contributed by atoms with Crippen LogP contribution < -0.4 is 0 Å². The van der Waals surface area contributed by atoms with Gasteiger partial charge in [0, 0.05) is 38.1 Å². The molecular formula is C16H28N2O2. The molecule has 0 bridgehead atoms. The van der Waals surface area contributed by atoms with E-state index in [1.54, 1.807) is 0 Å². The molecule has 0 radical (unpaired) electrons. The number of rotatable bonds is 6. The highest BCUT2D eigenvalue weighted by Gasteiger charge is 2.22. The van der Waals surface area contributed by atoms with Gasteiger partial charge in [-0.25, -0.2) is 0 Å². The Labute approximate surface area is 122 Å². The van der Waals surface area contributed by atoms with E-state index >= 15 is 0 Å². The lowest BCUT2D eigenvalue weighted by Crippen LogP contribution is -2.47. The zero-order valence-electron chi connectivity index (χ0n) is 13.0. The fraction of sp³-hybridized carbons (Fsp3) is 0.750. The third-order valence-electron chi connectivity index (χ3n) is 4.04. The molecule has 114 valence electrons. The number of hydrogen-bond acceptors (Lipinski definition) is 3. The van der Waals surface area contributed by atoms with Crippen molar-refractivity contribution in [1.29, 1.82) is 0 Å². The summed E-state index contributed by atoms with van der Waals surface area (Å²) in [5.41, 5.74) is 1.02. The lowest BCUT2D eigenvalue weighted by molar-refractivity contribution is -0.0455. The molecule has 0 amide bonds. The summed E-state index contributed by atoms with van der Waals surface area (Å²) in [5.74, 6) is 0. The van der Waals surface area contributed by atoms with E-state index in [4.69, 9.17) is 4.74 Å². The number of hydrogen-bond donors (Lipinski definition) is 1. The standard InChI is InChI=1S/C16H28N2O2/c1-4-5-16(19)14-6-7-17(10-14)11-15-12-18(13(2)3)8-9-20-15/h6-7,10,13,15-16,19H,4-5,8-9,11-12H2,1-3H3. The van der Waals surface area contributed by atoms with Crippen molar-refractivity contribution in [2.75, 3.05) is 19.7 Å². The van der Waals surface area contributed by atoms with Gasteiger partial charge >= 0.3 is 0 Å². The van der Waals surface area contributed by atoms with Gasteiger partial charge < -0.3 is 14.4 Å². The summed E-state index contributed by atoms with van der Waals surface area (Å²) in [7, 11) is 0. The summed E-state index contributed by atoms with van der Waals surface area (Å²) in [6.45, 7) is 10.3. The fourth-order valence-electron chi connectivity index (χ4n) is 2.77. The molecule has 0 aliphatic carbocycles. The van der Waals surface area contributed by atoms with Gasteiger partial charge in [0.15, 0.2) is 0 Å². The van der Waals surface area contributed by atoms with Gasteiger partial charge in [-0.3, -0.25) is 4.90 Å². The van der Waals surface area contributed by atoms with Gasteiger partial charge in [-0.2, -0.15) is 0 Å². The van der Waals surface area contributed by atoms with E-state index < -0.39 is 0 Å². The van der Waals surface area contributed by atoms with Crippen LogP contribution in [0.2, 0.25) is 0 Å². The summed E-state index contributed by atoms with van der Waals surface area (Å²) in [6, 6.07) is 2.59. The maximum atomic E-state index is 10.0. The van der Waals surface area contributed by atoms with Gasteiger partial charge in [0.25, 0.3) is 0 Å². The zero-order chi connectivity index (χ0) is 14.5. The molecule has 1 aromatic rings. The van der Waals surface area contributed by atoms with Crippen LogP contribution in [-0.2, 0) is 11.3 Å². The first-order chi connectivity index (χ1) is 9.60. The van der Waals surface area contributed by atoms with E-state index in [2.05, 4.69) is 36.4 Å². The SMILES string of the molecule is CCCC(O)c1ccn(CC2CN(C(C)C)CCO2)c1. The molecule has 4 heteroatoms. The number of ether oxygens (including phenoxy) is 1. The highest BCUT2D eigenvalue weighted by Crippen LogP contribution is 2.19. The Hall–Kier alpha value is -0.840. The van der Waals surface area contributed by atoms with Crippen molar-refractivity contribution in [3.05, 3.63) is 24.0 Å². The summed E-state index contributed by atoms with van der Waals surface area (Å²) in [4.78, 5) is 2.46. The normalized spacial score (nSPS) is 22.4. The molecule has 1 aliphatic rings. The van der Waals surface area contributed by atoms with E-state index in [0.29, 0.717) is 6.04 Å². The molecule has 0 saturated carbocycles. The van der Waals surface area contributed by atoms with Crippen LogP contribution in [0.15, 0.2) is 18.5 Å². The van der Waals surface area contributed by atoms with Crippen molar-refractivity contribution >= 4 is 0 Å². The predicted octanol–water partition coefficient (Wildman–Crippen LogP) is 2.43. The molecule has 2 rings (SSSR count). The third-order valence-corrected chi connectivity index (χ3v) is 4.04. The lowest BCUT2D eigenvalue weighted by Gasteiger charge is -2.35. The molecule has 1 aromatic heterocycles. The predicted molar refractivity (Wildman–Crippen MR) is 80.7 cm³/mol. The molecule has 0 aromatic carbocycles. The van der Waals surface area contributed by atoms with Gasteiger partial charge in [0.2, 0.25) is 0 Å². The van der Waals surface area contributed by atoms with Crippen LogP contribution in [-0.4, -0.2) is 46.4 Å². The number of nitrogens with zero attached hydrogens (tertiary/aromatic N) is 2. The largest absolute Gasteiger partial charge is 0.388 e. The van der Waals surface area contributed by atoms with E-state index in [0.717, 1.165) is 44.6 Å². The molecule has 20 heavy (non-hydrogen) atoms. The second-order valence-corrected chi connectivity index (χ2v) is 6.03. The van der Waals surface area contributed by atoms with Crippen molar-refractivity contribution in [2.45, 2.75) is 58.4 Å². The van der Waals surface area contributed by atoms with Gasteiger partial charge in [0.1, 0.15) is 0 Å². The molecule has 2 heterocycles. The van der Waals surface area contributed by atoms with E-state index in [-0.39, 0.29) is 12.2 Å². The molecule has 0 spiro atoms. The maximum absolute atomic E-state index is 10.0. The highest BCUT2D eigenvalue weighted by molar-refractivity contribution is 5.13. The average Bonchev–Trinajstić information content (AvgIpc) is 2.88. The van der Waals surface area contributed by atoms with Crippen LogP contribution in [0.25, 0.3) is 0 Å². The molecule has 1 fully saturated rings. The number of aliphatic hydroxyl groups is 1. The number of aromatic nitrogens is 1. The zero-order valence-corrected chi connectivity index (χ0v) is 13.0. The van der Waals surface area contributed by atoms with E-state index in [1.807, 2.05) is 12.3 Å². The smallest absolute Gasteiger partial charge is 0.0881 e. The minimum atomic E-state index is -0.333. The first-order valence-electron chi connectivity index (χ1n) is 7.79. The topological polar surface area (TPSA) is 37.6 Å². The Morgan fingerprint density at radius 2 is 2.25 bits per heavy atom. The molecule has 2 unspecified atom stereocenters. The van der Waals surface area contributed by atoms with Crippen LogP contribution in [0.1, 0.15) is 45.3 Å². The Morgan fingerprint density at radius 1 is 1.45 bits per heavy atom. The van der Waals surface area contributed by atoms with Crippen LogP contribution >= 0.6 is 0 Å². The van der Waals surface area contributed by atoms with E-state index in [1.165, 1.54) is 0 Å². The molecule has 1 saturated heterocycles. The van der Waals surface area contributed by atoms with Crippen LogP contribution in [0.5, 0.6) is 0 Å². The second-order valence-electron chi connectivity index (χ2n) is 6.03. The Bertz CT molecular complexity index is 403. The maximum Gasteiger partial charge on any atom is 0.0881 e. The first kappa shape index (κ1) is 15.5. The second kappa shape index (κ2) is 7.25. The molecule has 1 N–H and O–H groups in total. The summed E-state index contributed by atoms with van der Waals surface area (Å²) >= 11 is 0. The molecule has 2 atom stereocenters. The van der Waals surface area contributed by atoms with Gasteiger partial charge in [-0.15, -0.1) is 0 Å². The lowest BCUT2D eigenvalue weighted by atomic mass is 10.1. The van der Waals surface area contributed by atoms with Crippen molar-refractivity contribution in [2.24, 2.45) is 0 Å². The fourth-order valence-corrected chi connectivity index (χ4v) is 2.77. The minimum absolute atomic E-state index is 0.245. The number of morpholine rings is 1. The van der Waals surface area contributed by atoms with Crippen molar-refractivity contribution in [3.63, 3.8) is 0 Å². The quantitative estimate of drug-likeness (QED) is 0.869. The van der Waals surface area contributed by atoms with Gasteiger partial charge in [-0.05, 0) is 31.9 Å². The summed E-state index contributed by atoms with van der Waals surface area (Å²) < 4.78 is 8.00. The first-order valence-corrected chi connectivity index (χ1v) is 7.79. The minimum Gasteiger partial charge on any atom is -0.388 e. The van der Waals surface area contributed by atoms with E-state index in [9.17, 15) is 5.11 Å². The third kappa shape index (κ3) is 4.08. The van der Waals surface area contributed by atoms with Gasteiger partial charge in [0.05, 0.1) is 18.8 Å². The van der Waals surface area contributed by atoms with Crippen molar-refractivity contribution < 1.29 is 9.84 Å². The Balaban J connectivity index is 1.90. The average molecular weight is 280 g/mol. The molecular weight excluding hydrogens is 252 g/mol. The van der Waals surface area contributed by atoms with Gasteiger partial charge in [-0.1, -0.05) is 13.3 Å². The highest BCUT2D eigenvalue weighted by atomic mass is 16.5. The monoisotopic (exact) mass is 280 g/mol. The van der Waals surface area contributed by atoms with Crippen molar-refractivity contribution in [3.8, 4) is 0 Å². The molecule has 1 aliphatic heterocycles. The summed E-state index contributed by atoms with van der Waals surface area (Å²) in [5, 5.41) is 10.0. The van der Waals surface area contributed by atoms with Crippen LogP contribution in [0, 0.1) is 0 Å². The number of aliphatic hydroxyl groups excluding tert-OH is 1. The molecule has 4 nitrogen and oxygen atoms in total.